The summed E-state index contributed by atoms with van der Waals surface area (Å²) in [4.78, 5) is 30.7. The number of aryl methyl sites for hydroxylation is 2. The molecule has 0 spiro atoms. The number of carbonyl (C=O) groups is 2. The van der Waals surface area contributed by atoms with E-state index in [0.29, 0.717) is 23.7 Å². The predicted molar refractivity (Wildman–Crippen MR) is 108 cm³/mol. The summed E-state index contributed by atoms with van der Waals surface area (Å²) in [6.45, 7) is 9.29. The number of unbranched alkanes of at least 4 members (excludes halogenated alkanes) is 2. The molecule has 6 nitrogen and oxygen atoms in total. The highest BCUT2D eigenvalue weighted by Gasteiger charge is 2.22. The largest absolute Gasteiger partial charge is 0.351 e. The van der Waals surface area contributed by atoms with Crippen molar-refractivity contribution in [3.63, 3.8) is 0 Å². The lowest BCUT2D eigenvalue weighted by molar-refractivity contribution is 0.0958. The van der Waals surface area contributed by atoms with Crippen molar-refractivity contribution in [2.45, 2.75) is 53.4 Å². The monoisotopic (exact) mass is 376 g/mol. The van der Waals surface area contributed by atoms with E-state index in [1.165, 1.54) is 11.3 Å². The Morgan fingerprint density at radius 1 is 1.08 bits per heavy atom. The van der Waals surface area contributed by atoms with Crippen molar-refractivity contribution in [2.24, 2.45) is 0 Å². The van der Waals surface area contributed by atoms with Gasteiger partial charge in [-0.1, -0.05) is 26.7 Å². The molecular weight excluding hydrogens is 348 g/mol. The zero-order valence-electron chi connectivity index (χ0n) is 16.0. The highest BCUT2D eigenvalue weighted by molar-refractivity contribution is 7.21. The maximum atomic E-state index is 12.6. The van der Waals surface area contributed by atoms with Gasteiger partial charge in [0, 0.05) is 24.2 Å². The van der Waals surface area contributed by atoms with Crippen molar-refractivity contribution in [1.29, 1.82) is 0 Å². The Morgan fingerprint density at radius 3 is 2.38 bits per heavy atom. The van der Waals surface area contributed by atoms with Gasteiger partial charge in [0.05, 0.1) is 5.69 Å². The fourth-order valence-electron chi connectivity index (χ4n) is 2.72. The average molecular weight is 377 g/mol. The van der Waals surface area contributed by atoms with Crippen molar-refractivity contribution in [3.05, 3.63) is 22.2 Å². The third-order valence-electron chi connectivity index (χ3n) is 4.06. The van der Waals surface area contributed by atoms with Crippen LogP contribution in [-0.2, 0) is 0 Å². The molecule has 0 fully saturated rings. The minimum atomic E-state index is -0.291. The molecule has 0 atom stereocenters. The molecule has 0 radical (unpaired) electrons. The molecule has 0 bridgehead atoms. The lowest BCUT2D eigenvalue weighted by Crippen LogP contribution is -2.31. The Labute approximate surface area is 158 Å². The van der Waals surface area contributed by atoms with Gasteiger partial charge in [0.15, 0.2) is 0 Å². The normalized spacial score (nSPS) is 10.8. The van der Waals surface area contributed by atoms with E-state index in [1.807, 2.05) is 19.9 Å². The number of hydrogen-bond donors (Lipinski definition) is 3. The van der Waals surface area contributed by atoms with Crippen LogP contribution in [0.3, 0.4) is 0 Å². The Hall–Kier alpha value is -2.15. The lowest BCUT2D eigenvalue weighted by Gasteiger charge is -2.10. The van der Waals surface area contributed by atoms with Gasteiger partial charge in [0.1, 0.15) is 9.71 Å². The number of fused-ring (bicyclic) bond motifs is 1. The number of nitrogens with zero attached hydrogens (tertiary/aromatic N) is 1. The third kappa shape index (κ3) is 4.94. The quantitative estimate of drug-likeness (QED) is 0.598. The van der Waals surface area contributed by atoms with Gasteiger partial charge in [0.2, 0.25) is 0 Å². The van der Waals surface area contributed by atoms with Crippen LogP contribution in [0.5, 0.6) is 0 Å². The second-order valence-corrected chi connectivity index (χ2v) is 7.41. The Balaban J connectivity index is 2.35. The van der Waals surface area contributed by atoms with Crippen LogP contribution in [0, 0.1) is 13.8 Å². The number of hydrogen-bond acceptors (Lipinski definition) is 4. The number of aromatic nitrogens is 1. The molecule has 2 aromatic rings. The van der Waals surface area contributed by atoms with Crippen LogP contribution in [0.1, 0.15) is 60.5 Å². The van der Waals surface area contributed by atoms with Gasteiger partial charge in [-0.3, -0.25) is 4.79 Å². The number of anilines is 1. The van der Waals surface area contributed by atoms with Crippen molar-refractivity contribution in [2.75, 3.05) is 18.4 Å². The minimum absolute atomic E-state index is 0.164. The molecule has 2 rings (SSSR count). The average Bonchev–Trinajstić information content (AvgIpc) is 2.93. The molecule has 0 aromatic carbocycles. The zero-order valence-corrected chi connectivity index (χ0v) is 16.8. The van der Waals surface area contributed by atoms with Crippen molar-refractivity contribution < 1.29 is 9.59 Å². The predicted octanol–water partition coefficient (Wildman–Crippen LogP) is 4.36. The Bertz CT molecular complexity index is 785. The summed E-state index contributed by atoms with van der Waals surface area (Å²) in [6, 6.07) is 1.68. The first-order valence-electron chi connectivity index (χ1n) is 9.21. The van der Waals surface area contributed by atoms with Crippen LogP contribution < -0.4 is 16.0 Å². The van der Waals surface area contributed by atoms with Gasteiger partial charge in [-0.15, -0.1) is 11.3 Å². The highest BCUT2D eigenvalue weighted by Crippen LogP contribution is 2.37. The van der Waals surface area contributed by atoms with Gasteiger partial charge in [-0.05, 0) is 38.3 Å². The van der Waals surface area contributed by atoms with E-state index in [-0.39, 0.29) is 11.9 Å². The molecule has 3 N–H and O–H groups in total. The molecule has 2 heterocycles. The second kappa shape index (κ2) is 9.52. The first kappa shape index (κ1) is 20.2. The van der Waals surface area contributed by atoms with E-state index >= 15 is 0 Å². The molecule has 2 aromatic heterocycles. The molecule has 0 saturated carbocycles. The smallest absolute Gasteiger partial charge is 0.319 e. The van der Waals surface area contributed by atoms with E-state index in [4.69, 9.17) is 0 Å². The summed E-state index contributed by atoms with van der Waals surface area (Å²) in [7, 11) is 0. The molecule has 0 unspecified atom stereocenters. The van der Waals surface area contributed by atoms with Crippen LogP contribution in [-0.4, -0.2) is 30.0 Å². The molecule has 0 saturated heterocycles. The van der Waals surface area contributed by atoms with Gasteiger partial charge in [-0.25, -0.2) is 9.78 Å². The summed E-state index contributed by atoms with van der Waals surface area (Å²) < 4.78 is 0. The topological polar surface area (TPSA) is 83.1 Å². The SMILES string of the molecule is CCCCNC(=O)Nc1c(C(=O)NCCCC)sc2nc(C)cc(C)c12. The fraction of sp³-hybridized carbons (Fsp3) is 0.526. The van der Waals surface area contributed by atoms with Crippen molar-refractivity contribution >= 4 is 39.2 Å². The summed E-state index contributed by atoms with van der Waals surface area (Å²) in [5.74, 6) is -0.164. The number of nitrogens with one attached hydrogen (secondary N) is 3. The van der Waals surface area contributed by atoms with E-state index < -0.39 is 0 Å². The fourth-order valence-corrected chi connectivity index (χ4v) is 3.88. The number of thiophene rings is 1. The van der Waals surface area contributed by atoms with Crippen LogP contribution >= 0.6 is 11.3 Å². The Morgan fingerprint density at radius 2 is 1.73 bits per heavy atom. The number of pyridine rings is 1. The van der Waals surface area contributed by atoms with Crippen LogP contribution in [0.15, 0.2) is 6.07 Å². The molecule has 0 aliphatic heterocycles. The van der Waals surface area contributed by atoms with Crippen molar-refractivity contribution in [1.82, 2.24) is 15.6 Å². The number of urea groups is 1. The zero-order chi connectivity index (χ0) is 19.1. The molecular formula is C19H28N4O2S. The standard InChI is InChI=1S/C19H28N4O2S/c1-5-7-9-20-17(24)16-15(23-19(25)21-10-8-6-2)14-12(3)11-13(4)22-18(14)26-16/h11H,5-10H2,1-4H3,(H,20,24)(H2,21,23,25). The van der Waals surface area contributed by atoms with Crippen LogP contribution in [0.4, 0.5) is 10.5 Å². The first-order chi connectivity index (χ1) is 12.5. The van der Waals surface area contributed by atoms with E-state index in [0.717, 1.165) is 47.2 Å². The lowest BCUT2D eigenvalue weighted by atomic mass is 10.1. The van der Waals surface area contributed by atoms with Crippen molar-refractivity contribution in [3.8, 4) is 0 Å². The first-order valence-corrected chi connectivity index (χ1v) is 10.0. The third-order valence-corrected chi connectivity index (χ3v) is 5.15. The summed E-state index contributed by atoms with van der Waals surface area (Å²) in [5.41, 5.74) is 2.45. The highest BCUT2D eigenvalue weighted by atomic mass is 32.1. The van der Waals surface area contributed by atoms with E-state index in [1.54, 1.807) is 0 Å². The summed E-state index contributed by atoms with van der Waals surface area (Å²) in [5, 5.41) is 9.49. The molecule has 3 amide bonds. The van der Waals surface area contributed by atoms with Gasteiger partial charge in [-0.2, -0.15) is 0 Å². The van der Waals surface area contributed by atoms with Gasteiger partial charge >= 0.3 is 6.03 Å². The summed E-state index contributed by atoms with van der Waals surface area (Å²) >= 11 is 1.32. The molecule has 142 valence electrons. The van der Waals surface area contributed by atoms with Gasteiger partial charge in [0.25, 0.3) is 5.91 Å². The van der Waals surface area contributed by atoms with Crippen LogP contribution in [0.25, 0.3) is 10.2 Å². The Kier molecular flexibility index (Phi) is 7.38. The maximum absolute atomic E-state index is 12.6. The number of carbonyl (C=O) groups excluding carboxylic acids is 2. The molecule has 26 heavy (non-hydrogen) atoms. The van der Waals surface area contributed by atoms with E-state index in [9.17, 15) is 9.59 Å². The number of rotatable bonds is 8. The molecule has 7 heteroatoms. The number of amides is 3. The minimum Gasteiger partial charge on any atom is -0.351 e. The van der Waals surface area contributed by atoms with Crippen LogP contribution in [0.2, 0.25) is 0 Å². The van der Waals surface area contributed by atoms with E-state index in [2.05, 4.69) is 34.8 Å². The van der Waals surface area contributed by atoms with Gasteiger partial charge < -0.3 is 16.0 Å². The molecule has 0 aliphatic rings. The molecule has 0 aliphatic carbocycles. The summed E-state index contributed by atoms with van der Waals surface area (Å²) in [6.07, 6.45) is 3.86. The second-order valence-electron chi connectivity index (χ2n) is 6.41. The maximum Gasteiger partial charge on any atom is 0.319 e.